The number of halogens is 1. The van der Waals surface area contributed by atoms with Crippen molar-refractivity contribution in [3.8, 4) is 0 Å². The average Bonchev–Trinajstić information content (AvgIpc) is 3.14. The van der Waals surface area contributed by atoms with E-state index in [0.29, 0.717) is 22.4 Å². The Bertz CT molecular complexity index is 1410. The molecule has 1 heterocycles. The second-order valence-electron chi connectivity index (χ2n) is 8.64. The first-order valence-corrected chi connectivity index (χ1v) is 13.5. The summed E-state index contributed by atoms with van der Waals surface area (Å²) >= 11 is 1.44. The highest BCUT2D eigenvalue weighted by Crippen LogP contribution is 2.42. The molecule has 1 unspecified atom stereocenters. The van der Waals surface area contributed by atoms with E-state index in [1.807, 2.05) is 6.92 Å². The smallest absolute Gasteiger partial charge is 0.265 e. The summed E-state index contributed by atoms with van der Waals surface area (Å²) in [5.74, 6) is -0.932. The fourth-order valence-corrected chi connectivity index (χ4v) is 7.05. The fraction of sp³-hybridized carbons (Fsp3) is 0.231. The third kappa shape index (κ3) is 4.97. The van der Waals surface area contributed by atoms with Crippen LogP contribution in [0.15, 0.2) is 59.5 Å². The maximum Gasteiger partial charge on any atom is 0.265 e. The number of carbonyl (C=O) groups excluding carboxylic acids is 2. The molecular formula is C26H25FN2O4S2. The summed E-state index contributed by atoms with van der Waals surface area (Å²) < 4.78 is 41.5. The van der Waals surface area contributed by atoms with Gasteiger partial charge in [0.25, 0.3) is 15.9 Å². The van der Waals surface area contributed by atoms with E-state index in [9.17, 15) is 22.4 Å². The van der Waals surface area contributed by atoms with Gasteiger partial charge in [-0.25, -0.2) is 17.5 Å². The van der Waals surface area contributed by atoms with Crippen LogP contribution in [0.5, 0.6) is 0 Å². The minimum atomic E-state index is -4.08. The van der Waals surface area contributed by atoms with Gasteiger partial charge in [-0.1, -0.05) is 29.8 Å². The minimum Gasteiger partial charge on any atom is -0.295 e. The Morgan fingerprint density at radius 3 is 2.20 bits per heavy atom. The Morgan fingerprint density at radius 2 is 1.60 bits per heavy atom. The van der Waals surface area contributed by atoms with E-state index in [1.165, 1.54) is 30.0 Å². The zero-order chi connectivity index (χ0) is 25.5. The average molecular weight is 513 g/mol. The molecule has 1 atom stereocenters. The molecule has 3 aromatic rings. The lowest BCUT2D eigenvalue weighted by Gasteiger charge is -2.26. The highest BCUT2D eigenvalue weighted by Gasteiger charge is 2.35. The van der Waals surface area contributed by atoms with Crippen LogP contribution < -0.4 is 9.62 Å². The van der Waals surface area contributed by atoms with Gasteiger partial charge < -0.3 is 0 Å². The number of hydrogen-bond acceptors (Lipinski definition) is 5. The Hall–Kier alpha value is -3.17. The summed E-state index contributed by atoms with van der Waals surface area (Å²) in [5.41, 5.74) is 4.26. The van der Waals surface area contributed by atoms with Gasteiger partial charge in [0, 0.05) is 11.3 Å². The van der Waals surface area contributed by atoms with Gasteiger partial charge in [0.15, 0.2) is 0 Å². The van der Waals surface area contributed by atoms with Crippen molar-refractivity contribution in [2.75, 3.05) is 10.7 Å². The molecule has 1 fully saturated rings. The highest BCUT2D eigenvalue weighted by molar-refractivity contribution is 8.00. The summed E-state index contributed by atoms with van der Waals surface area (Å²) in [4.78, 5) is 27.3. The quantitative estimate of drug-likeness (QED) is 0.523. The van der Waals surface area contributed by atoms with Crippen molar-refractivity contribution < 1.29 is 22.4 Å². The van der Waals surface area contributed by atoms with Gasteiger partial charge in [0.2, 0.25) is 5.91 Å². The molecular weight excluding hydrogens is 487 g/mol. The molecule has 0 aliphatic carbocycles. The number of carbonyl (C=O) groups is 2. The van der Waals surface area contributed by atoms with Gasteiger partial charge in [0.1, 0.15) is 11.2 Å². The molecule has 0 radical (unpaired) electrons. The van der Waals surface area contributed by atoms with Crippen LogP contribution in [0.1, 0.15) is 43.5 Å². The lowest BCUT2D eigenvalue weighted by atomic mass is 10.1. The molecule has 2 amide bonds. The molecule has 0 aromatic heterocycles. The molecule has 0 bridgehead atoms. The molecule has 0 spiro atoms. The molecule has 9 heteroatoms. The van der Waals surface area contributed by atoms with Crippen molar-refractivity contribution in [1.82, 2.24) is 4.72 Å². The molecule has 1 saturated heterocycles. The number of nitrogens with one attached hydrogen (secondary N) is 1. The Kier molecular flexibility index (Phi) is 6.75. The standard InChI is InChI=1S/C26H25FN2O4S2/c1-15-11-17(3)24(18(4)12-15)35(32,33)28-25(31)20-7-10-22(16(2)13-20)29-23(30)14-34-26(29)19-5-8-21(27)9-6-19/h5-13,26H,14H2,1-4H3,(H,28,31). The lowest BCUT2D eigenvalue weighted by molar-refractivity contribution is -0.115. The first-order chi connectivity index (χ1) is 16.5. The van der Waals surface area contributed by atoms with E-state index < -0.39 is 15.9 Å². The number of rotatable bonds is 5. The number of nitrogens with zero attached hydrogens (tertiary/aromatic N) is 1. The van der Waals surface area contributed by atoms with Crippen LogP contribution in [-0.2, 0) is 14.8 Å². The zero-order valence-corrected chi connectivity index (χ0v) is 21.4. The molecule has 1 aliphatic heterocycles. The van der Waals surface area contributed by atoms with Crippen molar-refractivity contribution in [1.29, 1.82) is 0 Å². The third-order valence-electron chi connectivity index (χ3n) is 5.84. The molecule has 182 valence electrons. The summed E-state index contributed by atoms with van der Waals surface area (Å²) in [6.45, 7) is 7.03. The third-order valence-corrected chi connectivity index (χ3v) is 8.69. The summed E-state index contributed by atoms with van der Waals surface area (Å²) in [7, 11) is -4.08. The maximum absolute atomic E-state index is 13.4. The van der Waals surface area contributed by atoms with Gasteiger partial charge in [-0.05, 0) is 80.3 Å². The van der Waals surface area contributed by atoms with Crippen molar-refractivity contribution in [3.05, 3.63) is 93.8 Å². The number of amides is 2. The highest BCUT2D eigenvalue weighted by atomic mass is 32.2. The Balaban J connectivity index is 1.61. The second kappa shape index (κ2) is 9.47. The van der Waals surface area contributed by atoms with Crippen LogP contribution >= 0.6 is 11.8 Å². The molecule has 4 rings (SSSR count). The lowest BCUT2D eigenvalue weighted by Crippen LogP contribution is -2.32. The van der Waals surface area contributed by atoms with Crippen LogP contribution in [0.25, 0.3) is 0 Å². The summed E-state index contributed by atoms with van der Waals surface area (Å²) in [5, 5.41) is -0.325. The van der Waals surface area contributed by atoms with Gasteiger partial charge in [0.05, 0.1) is 10.6 Å². The van der Waals surface area contributed by atoms with Gasteiger partial charge >= 0.3 is 0 Å². The van der Waals surface area contributed by atoms with Crippen LogP contribution in [-0.4, -0.2) is 26.0 Å². The predicted molar refractivity (Wildman–Crippen MR) is 136 cm³/mol. The largest absolute Gasteiger partial charge is 0.295 e. The van der Waals surface area contributed by atoms with Crippen LogP contribution in [0.3, 0.4) is 0 Å². The monoisotopic (exact) mass is 512 g/mol. The molecule has 0 saturated carbocycles. The number of hydrogen-bond donors (Lipinski definition) is 1. The van der Waals surface area contributed by atoms with Gasteiger partial charge in [-0.15, -0.1) is 11.8 Å². The second-order valence-corrected chi connectivity index (χ2v) is 11.3. The SMILES string of the molecule is Cc1cc(C)c(S(=O)(=O)NC(=O)c2ccc(N3C(=O)CSC3c3ccc(F)cc3)c(C)c2)c(C)c1. The van der Waals surface area contributed by atoms with Crippen LogP contribution in [0.4, 0.5) is 10.1 Å². The summed E-state index contributed by atoms with van der Waals surface area (Å²) in [6, 6.07) is 14.2. The van der Waals surface area contributed by atoms with E-state index in [-0.39, 0.29) is 33.3 Å². The zero-order valence-electron chi connectivity index (χ0n) is 19.8. The van der Waals surface area contributed by atoms with E-state index in [2.05, 4.69) is 4.72 Å². The fourth-order valence-electron chi connectivity index (χ4n) is 4.45. The van der Waals surface area contributed by atoms with Crippen molar-refractivity contribution in [2.24, 2.45) is 0 Å². The maximum atomic E-state index is 13.4. The van der Waals surface area contributed by atoms with Gasteiger partial charge in [-0.3, -0.25) is 14.5 Å². The molecule has 1 aliphatic rings. The number of thioether (sulfide) groups is 1. The molecule has 35 heavy (non-hydrogen) atoms. The van der Waals surface area contributed by atoms with Gasteiger partial charge in [-0.2, -0.15) is 0 Å². The molecule has 3 aromatic carbocycles. The number of sulfonamides is 1. The number of aryl methyl sites for hydroxylation is 4. The van der Waals surface area contributed by atoms with Crippen LogP contribution in [0.2, 0.25) is 0 Å². The number of benzene rings is 3. The van der Waals surface area contributed by atoms with Crippen molar-refractivity contribution in [3.63, 3.8) is 0 Å². The molecule has 6 nitrogen and oxygen atoms in total. The minimum absolute atomic E-state index is 0.0895. The van der Waals surface area contributed by atoms with E-state index >= 15 is 0 Å². The van der Waals surface area contributed by atoms with Crippen molar-refractivity contribution in [2.45, 2.75) is 38.0 Å². The Morgan fingerprint density at radius 1 is 0.971 bits per heavy atom. The predicted octanol–water partition coefficient (Wildman–Crippen LogP) is 4.96. The van der Waals surface area contributed by atoms with E-state index in [4.69, 9.17) is 0 Å². The summed E-state index contributed by atoms with van der Waals surface area (Å²) in [6.07, 6.45) is 0. The topological polar surface area (TPSA) is 83.6 Å². The first kappa shape index (κ1) is 24.9. The molecule has 1 N–H and O–H groups in total. The van der Waals surface area contributed by atoms with Crippen LogP contribution in [0, 0.1) is 33.5 Å². The van der Waals surface area contributed by atoms with Crippen molar-refractivity contribution >= 4 is 39.3 Å². The van der Waals surface area contributed by atoms with E-state index in [1.54, 1.807) is 62.1 Å². The number of anilines is 1. The van der Waals surface area contributed by atoms with E-state index in [0.717, 1.165) is 11.1 Å². The normalized spacial score (nSPS) is 16.0. The Labute approximate surface area is 208 Å². The first-order valence-electron chi connectivity index (χ1n) is 10.9.